The number of methoxy groups -OCH3 is 1. The maximum absolute atomic E-state index is 11.5. The SMILES string of the molecule is COC(=O)CCCCCCCCC(=O)NNC(=O)OC(C)(C)C. The van der Waals surface area contributed by atoms with Gasteiger partial charge in [-0.15, -0.1) is 0 Å². The second kappa shape index (κ2) is 11.7. The first-order chi connectivity index (χ1) is 10.7. The van der Waals surface area contributed by atoms with Crippen molar-refractivity contribution < 1.29 is 23.9 Å². The van der Waals surface area contributed by atoms with Crippen LogP contribution >= 0.6 is 0 Å². The smallest absolute Gasteiger partial charge is 0.426 e. The number of carbonyl (C=O) groups excluding carboxylic acids is 3. The van der Waals surface area contributed by atoms with Crippen LogP contribution in [0, 0.1) is 0 Å². The summed E-state index contributed by atoms with van der Waals surface area (Å²) in [6.45, 7) is 5.25. The van der Waals surface area contributed by atoms with Crippen LogP contribution < -0.4 is 10.9 Å². The van der Waals surface area contributed by atoms with Crippen LogP contribution in [0.2, 0.25) is 0 Å². The predicted molar refractivity (Wildman–Crippen MR) is 86.5 cm³/mol. The minimum Gasteiger partial charge on any atom is -0.469 e. The Balaban J connectivity index is 3.47. The molecule has 23 heavy (non-hydrogen) atoms. The van der Waals surface area contributed by atoms with Gasteiger partial charge in [0.15, 0.2) is 0 Å². The number of unbranched alkanes of at least 4 members (excludes halogenated alkanes) is 5. The van der Waals surface area contributed by atoms with Gasteiger partial charge in [-0.2, -0.15) is 0 Å². The maximum atomic E-state index is 11.5. The van der Waals surface area contributed by atoms with Crippen molar-refractivity contribution in [2.75, 3.05) is 7.11 Å². The molecule has 0 atom stereocenters. The topological polar surface area (TPSA) is 93.7 Å². The largest absolute Gasteiger partial charge is 0.469 e. The molecule has 0 aromatic heterocycles. The van der Waals surface area contributed by atoms with E-state index in [2.05, 4.69) is 15.6 Å². The number of rotatable bonds is 9. The molecule has 0 saturated heterocycles. The zero-order valence-electron chi connectivity index (χ0n) is 14.7. The van der Waals surface area contributed by atoms with Crippen LogP contribution in [0.5, 0.6) is 0 Å². The summed E-state index contributed by atoms with van der Waals surface area (Å²) in [4.78, 5) is 33.8. The van der Waals surface area contributed by atoms with Crippen LogP contribution in [-0.4, -0.2) is 30.7 Å². The molecule has 0 radical (unpaired) electrons. The van der Waals surface area contributed by atoms with Crippen LogP contribution in [-0.2, 0) is 19.1 Å². The molecular formula is C16H30N2O5. The van der Waals surface area contributed by atoms with Gasteiger partial charge in [0.05, 0.1) is 7.11 Å². The predicted octanol–water partition coefficient (Wildman–Crippen LogP) is 2.84. The summed E-state index contributed by atoms with van der Waals surface area (Å²) in [5.41, 5.74) is 3.95. The van der Waals surface area contributed by atoms with Gasteiger partial charge in [-0.1, -0.05) is 25.7 Å². The lowest BCUT2D eigenvalue weighted by molar-refractivity contribution is -0.140. The molecule has 0 aliphatic carbocycles. The zero-order valence-corrected chi connectivity index (χ0v) is 14.7. The van der Waals surface area contributed by atoms with Gasteiger partial charge in [0.1, 0.15) is 5.60 Å². The second-order valence-corrected chi connectivity index (χ2v) is 6.37. The molecule has 2 N–H and O–H groups in total. The van der Waals surface area contributed by atoms with Crippen LogP contribution in [0.25, 0.3) is 0 Å². The molecule has 0 aliphatic rings. The molecule has 0 fully saturated rings. The van der Waals surface area contributed by atoms with Crippen molar-refractivity contribution in [3.63, 3.8) is 0 Å². The minimum absolute atomic E-state index is 0.167. The normalized spacial score (nSPS) is 10.8. The highest BCUT2D eigenvalue weighted by Crippen LogP contribution is 2.09. The summed E-state index contributed by atoms with van der Waals surface area (Å²) in [6, 6.07) is 0. The molecule has 134 valence electrons. The number of amides is 2. The maximum Gasteiger partial charge on any atom is 0.426 e. The summed E-state index contributed by atoms with van der Waals surface area (Å²) >= 11 is 0. The molecule has 7 nitrogen and oxygen atoms in total. The Kier molecular flexibility index (Phi) is 10.8. The second-order valence-electron chi connectivity index (χ2n) is 6.37. The molecule has 0 aromatic carbocycles. The quantitative estimate of drug-likeness (QED) is 0.385. The fourth-order valence-electron chi connectivity index (χ4n) is 1.85. The van der Waals surface area contributed by atoms with Crippen molar-refractivity contribution in [2.24, 2.45) is 0 Å². The van der Waals surface area contributed by atoms with Gasteiger partial charge >= 0.3 is 12.1 Å². The van der Waals surface area contributed by atoms with Gasteiger partial charge in [-0.3, -0.25) is 15.0 Å². The third-order valence-electron chi connectivity index (χ3n) is 2.97. The van der Waals surface area contributed by atoms with Gasteiger partial charge in [-0.25, -0.2) is 10.2 Å². The Hall–Kier alpha value is -1.79. The van der Waals surface area contributed by atoms with E-state index in [-0.39, 0.29) is 11.9 Å². The molecule has 0 bridgehead atoms. The van der Waals surface area contributed by atoms with Crippen molar-refractivity contribution in [3.05, 3.63) is 0 Å². The molecule has 2 amide bonds. The van der Waals surface area contributed by atoms with Crippen molar-refractivity contribution >= 4 is 18.0 Å². The number of hydrazine groups is 1. The fourth-order valence-corrected chi connectivity index (χ4v) is 1.85. The van der Waals surface area contributed by atoms with E-state index >= 15 is 0 Å². The Morgan fingerprint density at radius 2 is 1.35 bits per heavy atom. The van der Waals surface area contributed by atoms with Crippen molar-refractivity contribution in [1.82, 2.24) is 10.9 Å². The van der Waals surface area contributed by atoms with Gasteiger partial charge < -0.3 is 9.47 Å². The molecule has 7 heteroatoms. The first-order valence-corrected chi connectivity index (χ1v) is 8.09. The average Bonchev–Trinajstić information content (AvgIpc) is 2.45. The molecule has 0 heterocycles. The number of carbonyl (C=O) groups is 3. The van der Waals surface area contributed by atoms with E-state index in [0.717, 1.165) is 38.5 Å². The Morgan fingerprint density at radius 1 is 0.826 bits per heavy atom. The first kappa shape index (κ1) is 21.2. The highest BCUT2D eigenvalue weighted by molar-refractivity contribution is 5.79. The number of hydrogen-bond acceptors (Lipinski definition) is 5. The van der Waals surface area contributed by atoms with Crippen molar-refractivity contribution in [2.45, 2.75) is 77.7 Å². The molecule has 0 aromatic rings. The van der Waals surface area contributed by atoms with E-state index in [9.17, 15) is 14.4 Å². The monoisotopic (exact) mass is 330 g/mol. The number of hydrogen-bond donors (Lipinski definition) is 2. The summed E-state index contributed by atoms with van der Waals surface area (Å²) < 4.78 is 9.56. The number of ether oxygens (including phenoxy) is 2. The lowest BCUT2D eigenvalue weighted by atomic mass is 10.1. The minimum atomic E-state index is -0.670. The fraction of sp³-hybridized carbons (Fsp3) is 0.812. The first-order valence-electron chi connectivity index (χ1n) is 8.09. The standard InChI is InChI=1S/C16H30N2O5/c1-16(2,3)23-15(21)18-17-13(19)11-9-7-5-6-8-10-12-14(20)22-4/h5-12H2,1-4H3,(H,17,19)(H,18,21). The third kappa shape index (κ3) is 14.9. The molecule has 0 spiro atoms. The van der Waals surface area contributed by atoms with E-state index in [1.165, 1.54) is 7.11 Å². The van der Waals surface area contributed by atoms with E-state index in [0.29, 0.717) is 12.8 Å². The lowest BCUT2D eigenvalue weighted by Gasteiger charge is -2.19. The average molecular weight is 330 g/mol. The third-order valence-corrected chi connectivity index (χ3v) is 2.97. The van der Waals surface area contributed by atoms with Crippen LogP contribution in [0.15, 0.2) is 0 Å². The van der Waals surface area contributed by atoms with Crippen molar-refractivity contribution in [1.29, 1.82) is 0 Å². The van der Waals surface area contributed by atoms with E-state index in [1.807, 2.05) is 0 Å². The molecule has 0 aliphatic heterocycles. The van der Waals surface area contributed by atoms with Gasteiger partial charge in [0.25, 0.3) is 0 Å². The van der Waals surface area contributed by atoms with Crippen LogP contribution in [0.4, 0.5) is 4.79 Å². The highest BCUT2D eigenvalue weighted by Gasteiger charge is 2.16. The summed E-state index contributed by atoms with van der Waals surface area (Å²) in [5, 5.41) is 0. The molecule has 0 rings (SSSR count). The zero-order chi connectivity index (χ0) is 17.7. The van der Waals surface area contributed by atoms with Gasteiger partial charge in [-0.05, 0) is 33.6 Å². The van der Waals surface area contributed by atoms with E-state index in [4.69, 9.17) is 4.74 Å². The Bertz CT molecular complexity index is 377. The van der Waals surface area contributed by atoms with E-state index in [1.54, 1.807) is 20.8 Å². The van der Waals surface area contributed by atoms with E-state index < -0.39 is 11.7 Å². The Morgan fingerprint density at radius 3 is 1.87 bits per heavy atom. The van der Waals surface area contributed by atoms with Crippen LogP contribution in [0.1, 0.15) is 72.1 Å². The number of esters is 1. The van der Waals surface area contributed by atoms with Gasteiger partial charge in [0, 0.05) is 12.8 Å². The molecular weight excluding hydrogens is 300 g/mol. The summed E-state index contributed by atoms with van der Waals surface area (Å²) in [6.07, 6.45) is 5.75. The lowest BCUT2D eigenvalue weighted by Crippen LogP contribution is -2.44. The molecule has 0 saturated carbocycles. The summed E-state index contributed by atoms with van der Waals surface area (Å²) in [5.74, 6) is -0.402. The summed E-state index contributed by atoms with van der Waals surface area (Å²) in [7, 11) is 1.39. The van der Waals surface area contributed by atoms with Gasteiger partial charge in [0.2, 0.25) is 5.91 Å². The van der Waals surface area contributed by atoms with Crippen molar-refractivity contribution in [3.8, 4) is 0 Å². The van der Waals surface area contributed by atoms with Crippen LogP contribution in [0.3, 0.4) is 0 Å². The molecule has 0 unspecified atom stereocenters. The number of nitrogens with one attached hydrogen (secondary N) is 2. The Labute approximate surface area is 138 Å². The highest BCUT2D eigenvalue weighted by atomic mass is 16.6.